The zero-order valence-electron chi connectivity index (χ0n) is 11.1. The van der Waals surface area contributed by atoms with Crippen LogP contribution >= 0.6 is 0 Å². The van der Waals surface area contributed by atoms with Crippen LogP contribution in [0, 0.1) is 11.8 Å². The van der Waals surface area contributed by atoms with Crippen LogP contribution in [-0.2, 0) is 4.79 Å². The predicted octanol–water partition coefficient (Wildman–Crippen LogP) is 1.41. The van der Waals surface area contributed by atoms with Gasteiger partial charge >= 0.3 is 5.97 Å². The van der Waals surface area contributed by atoms with Crippen molar-refractivity contribution in [3.05, 3.63) is 24.0 Å². The van der Waals surface area contributed by atoms with Gasteiger partial charge in [-0.3, -0.25) is 14.6 Å². The van der Waals surface area contributed by atoms with Crippen molar-refractivity contribution in [2.45, 2.75) is 25.7 Å². The van der Waals surface area contributed by atoms with Gasteiger partial charge in [-0.05, 0) is 37.7 Å². The molecule has 0 aromatic carbocycles. The van der Waals surface area contributed by atoms with E-state index in [1.54, 1.807) is 0 Å². The van der Waals surface area contributed by atoms with E-state index in [1.807, 2.05) is 0 Å². The first-order valence-electron chi connectivity index (χ1n) is 6.72. The average molecular weight is 278 g/mol. The molecule has 1 aromatic rings. The average Bonchev–Trinajstić information content (AvgIpc) is 2.45. The summed E-state index contributed by atoms with van der Waals surface area (Å²) in [5, 5.41) is 21.2. The number of carbonyl (C=O) groups is 2. The topological polar surface area (TPSA) is 99.5 Å². The van der Waals surface area contributed by atoms with E-state index in [9.17, 15) is 14.7 Å². The molecule has 0 radical (unpaired) electrons. The van der Waals surface area contributed by atoms with Crippen LogP contribution in [-0.4, -0.2) is 33.6 Å². The molecular weight excluding hydrogens is 260 g/mol. The Hall–Kier alpha value is -2.11. The molecule has 6 nitrogen and oxygen atoms in total. The van der Waals surface area contributed by atoms with Gasteiger partial charge in [0.15, 0.2) is 0 Å². The molecule has 0 unspecified atom stereocenters. The fourth-order valence-electron chi connectivity index (χ4n) is 2.52. The lowest BCUT2D eigenvalue weighted by Gasteiger charge is -2.26. The van der Waals surface area contributed by atoms with Crippen LogP contribution in [0.3, 0.4) is 0 Å². The Morgan fingerprint density at radius 3 is 2.60 bits per heavy atom. The van der Waals surface area contributed by atoms with E-state index in [4.69, 9.17) is 5.11 Å². The molecule has 0 bridgehead atoms. The molecule has 1 aliphatic carbocycles. The van der Waals surface area contributed by atoms with Gasteiger partial charge in [0.1, 0.15) is 5.75 Å². The first-order valence-corrected chi connectivity index (χ1v) is 6.72. The lowest BCUT2D eigenvalue weighted by Crippen LogP contribution is -2.32. The lowest BCUT2D eigenvalue weighted by atomic mass is 9.82. The van der Waals surface area contributed by atoms with Crippen LogP contribution in [0.1, 0.15) is 36.0 Å². The number of aromatic nitrogens is 1. The van der Waals surface area contributed by atoms with E-state index in [1.165, 1.54) is 18.5 Å². The minimum atomic E-state index is -0.728. The number of nitrogens with zero attached hydrogens (tertiary/aromatic N) is 1. The maximum atomic E-state index is 11.9. The Balaban J connectivity index is 1.80. The minimum Gasteiger partial charge on any atom is -0.505 e. The van der Waals surface area contributed by atoms with Crippen molar-refractivity contribution in [3.8, 4) is 5.75 Å². The molecule has 6 heteroatoms. The minimum absolute atomic E-state index is 0.139. The molecule has 2 rings (SSSR count). The molecule has 108 valence electrons. The summed E-state index contributed by atoms with van der Waals surface area (Å²) in [4.78, 5) is 26.5. The molecule has 0 spiro atoms. The van der Waals surface area contributed by atoms with Crippen molar-refractivity contribution in [1.29, 1.82) is 0 Å². The Morgan fingerprint density at radius 2 is 2.00 bits per heavy atom. The number of aliphatic carboxylic acids is 1. The third kappa shape index (κ3) is 3.46. The quantitative estimate of drug-likeness (QED) is 0.773. The van der Waals surface area contributed by atoms with Crippen LogP contribution < -0.4 is 5.32 Å². The van der Waals surface area contributed by atoms with E-state index in [2.05, 4.69) is 10.3 Å². The normalized spacial score (nSPS) is 22.2. The zero-order chi connectivity index (χ0) is 14.5. The van der Waals surface area contributed by atoms with Crippen molar-refractivity contribution in [2.24, 2.45) is 11.8 Å². The van der Waals surface area contributed by atoms with Crippen LogP contribution in [0.25, 0.3) is 0 Å². The molecule has 20 heavy (non-hydrogen) atoms. The number of carbonyl (C=O) groups excluding carboxylic acids is 1. The maximum Gasteiger partial charge on any atom is 0.306 e. The summed E-state index contributed by atoms with van der Waals surface area (Å²) in [5.74, 6) is -1.14. The molecule has 1 fully saturated rings. The van der Waals surface area contributed by atoms with Gasteiger partial charge in [0, 0.05) is 12.7 Å². The molecular formula is C14H18N2O4. The van der Waals surface area contributed by atoms with E-state index in [0.717, 1.165) is 12.8 Å². The van der Waals surface area contributed by atoms with Gasteiger partial charge in [-0.25, -0.2) is 0 Å². The van der Waals surface area contributed by atoms with Gasteiger partial charge < -0.3 is 15.5 Å². The van der Waals surface area contributed by atoms with E-state index >= 15 is 0 Å². The van der Waals surface area contributed by atoms with Crippen molar-refractivity contribution in [3.63, 3.8) is 0 Å². The lowest BCUT2D eigenvalue weighted by molar-refractivity contribution is -0.143. The third-order valence-electron chi connectivity index (χ3n) is 3.79. The van der Waals surface area contributed by atoms with Gasteiger partial charge in [0.05, 0.1) is 17.7 Å². The molecule has 0 aliphatic heterocycles. The summed E-state index contributed by atoms with van der Waals surface area (Å²) in [7, 11) is 0. The predicted molar refractivity (Wildman–Crippen MR) is 71.3 cm³/mol. The highest BCUT2D eigenvalue weighted by Gasteiger charge is 2.26. The molecule has 1 amide bonds. The third-order valence-corrected chi connectivity index (χ3v) is 3.79. The smallest absolute Gasteiger partial charge is 0.306 e. The number of amides is 1. The second-order valence-electron chi connectivity index (χ2n) is 5.16. The van der Waals surface area contributed by atoms with Crippen LogP contribution in [0.15, 0.2) is 18.5 Å². The fourth-order valence-corrected chi connectivity index (χ4v) is 2.52. The number of hydrogen-bond acceptors (Lipinski definition) is 4. The summed E-state index contributed by atoms with van der Waals surface area (Å²) in [6, 6.07) is 1.46. The summed E-state index contributed by atoms with van der Waals surface area (Å²) < 4.78 is 0. The molecule has 1 heterocycles. The summed E-state index contributed by atoms with van der Waals surface area (Å²) >= 11 is 0. The van der Waals surface area contributed by atoms with E-state index < -0.39 is 5.97 Å². The second-order valence-corrected chi connectivity index (χ2v) is 5.16. The Labute approximate surface area is 116 Å². The van der Waals surface area contributed by atoms with Crippen molar-refractivity contribution >= 4 is 11.9 Å². The molecule has 0 saturated heterocycles. The summed E-state index contributed by atoms with van der Waals surface area (Å²) in [5.41, 5.74) is 0.208. The van der Waals surface area contributed by atoms with Crippen LogP contribution in [0.2, 0.25) is 0 Å². The number of hydrogen-bond donors (Lipinski definition) is 3. The highest BCUT2D eigenvalue weighted by atomic mass is 16.4. The number of nitrogens with one attached hydrogen (secondary N) is 1. The van der Waals surface area contributed by atoms with Gasteiger partial charge in [0.25, 0.3) is 5.91 Å². The number of carboxylic acids is 1. The van der Waals surface area contributed by atoms with E-state index in [0.29, 0.717) is 25.3 Å². The largest absolute Gasteiger partial charge is 0.505 e. The van der Waals surface area contributed by atoms with Gasteiger partial charge in [-0.2, -0.15) is 0 Å². The van der Waals surface area contributed by atoms with Gasteiger partial charge in [0.2, 0.25) is 0 Å². The Bertz CT molecular complexity index is 496. The highest BCUT2D eigenvalue weighted by Crippen LogP contribution is 2.28. The van der Waals surface area contributed by atoms with Crippen molar-refractivity contribution in [2.75, 3.05) is 6.54 Å². The number of aromatic hydroxyl groups is 1. The SMILES string of the molecule is O=C(NCC1CCC(C(=O)O)CC1)c1ccncc1O. The summed E-state index contributed by atoms with van der Waals surface area (Å²) in [6.45, 7) is 0.507. The van der Waals surface area contributed by atoms with Crippen LogP contribution in [0.4, 0.5) is 0 Å². The Kier molecular flexibility index (Phi) is 4.55. The summed E-state index contributed by atoms with van der Waals surface area (Å²) in [6.07, 6.45) is 5.62. The molecule has 0 atom stereocenters. The first-order chi connectivity index (χ1) is 9.58. The van der Waals surface area contributed by atoms with Crippen molar-refractivity contribution < 1.29 is 19.8 Å². The molecule has 1 aromatic heterocycles. The number of carboxylic acid groups (broad SMARTS) is 1. The molecule has 3 N–H and O–H groups in total. The highest BCUT2D eigenvalue weighted by molar-refractivity contribution is 5.96. The standard InChI is InChI=1S/C14H18N2O4/c17-12-8-15-6-5-11(12)13(18)16-7-9-1-3-10(4-2-9)14(19)20/h5-6,8-10,17H,1-4,7H2,(H,16,18)(H,19,20). The monoisotopic (exact) mass is 278 g/mol. The second kappa shape index (κ2) is 6.36. The number of pyridine rings is 1. The molecule has 1 aliphatic rings. The first kappa shape index (κ1) is 14.3. The maximum absolute atomic E-state index is 11.9. The van der Waals surface area contributed by atoms with Crippen molar-refractivity contribution in [1.82, 2.24) is 10.3 Å². The van der Waals surface area contributed by atoms with Crippen LogP contribution in [0.5, 0.6) is 5.75 Å². The Morgan fingerprint density at radius 1 is 1.30 bits per heavy atom. The van der Waals surface area contributed by atoms with Gasteiger partial charge in [-0.15, -0.1) is 0 Å². The fraction of sp³-hybridized carbons (Fsp3) is 0.500. The van der Waals surface area contributed by atoms with E-state index in [-0.39, 0.29) is 23.1 Å². The van der Waals surface area contributed by atoms with Gasteiger partial charge in [-0.1, -0.05) is 0 Å². The number of rotatable bonds is 4. The zero-order valence-corrected chi connectivity index (χ0v) is 11.1. The molecule has 1 saturated carbocycles.